The van der Waals surface area contributed by atoms with Gasteiger partial charge in [-0.05, 0) is 77.2 Å². The molecule has 0 bridgehead atoms. The SMILES string of the molecule is CC1(C)c2cc(B(O)O)ccc2-c2ccc(-c3ccc4ccc5cccc6ccc3c4c56)cc21. The van der Waals surface area contributed by atoms with E-state index in [0.717, 1.165) is 5.56 Å². The Bertz CT molecular complexity index is 1750. The maximum Gasteiger partial charge on any atom is 0.488 e. The molecule has 0 heterocycles. The lowest BCUT2D eigenvalue weighted by molar-refractivity contribution is 0.425. The summed E-state index contributed by atoms with van der Waals surface area (Å²) in [5.41, 5.74) is 7.57. The summed E-state index contributed by atoms with van der Waals surface area (Å²) in [4.78, 5) is 0. The highest BCUT2D eigenvalue weighted by Gasteiger charge is 2.36. The van der Waals surface area contributed by atoms with Gasteiger partial charge in [-0.25, -0.2) is 0 Å². The van der Waals surface area contributed by atoms with Crippen molar-refractivity contribution in [1.82, 2.24) is 0 Å². The molecule has 0 unspecified atom stereocenters. The Morgan fingerprint density at radius 2 is 1.18 bits per heavy atom. The molecule has 0 saturated heterocycles. The molecule has 0 amide bonds. The summed E-state index contributed by atoms with van der Waals surface area (Å²) >= 11 is 0. The molecule has 0 atom stereocenters. The molecule has 6 aromatic rings. The number of rotatable bonds is 2. The van der Waals surface area contributed by atoms with E-state index in [4.69, 9.17) is 0 Å². The standard InChI is InChI=1S/C31H23BO2/c1-31(2)27-16-21(10-13-24(27)25-15-11-22(32(33)34)17-28(25)31)23-12-8-20-7-6-18-4-3-5-19-9-14-26(23)30(20)29(18)19/h3-17,33-34H,1-2H3. The summed E-state index contributed by atoms with van der Waals surface area (Å²) in [6.45, 7) is 4.44. The highest BCUT2D eigenvalue weighted by Crippen LogP contribution is 2.50. The second-order valence-corrected chi connectivity index (χ2v) is 10.0. The Hall–Kier alpha value is -3.66. The average Bonchev–Trinajstić information content (AvgIpc) is 3.08. The van der Waals surface area contributed by atoms with Crippen molar-refractivity contribution in [3.05, 3.63) is 102 Å². The van der Waals surface area contributed by atoms with Gasteiger partial charge in [-0.1, -0.05) is 98.8 Å². The molecule has 0 spiro atoms. The molecule has 0 saturated carbocycles. The van der Waals surface area contributed by atoms with Gasteiger partial charge in [0.1, 0.15) is 0 Å². The molecule has 7 rings (SSSR count). The molecule has 34 heavy (non-hydrogen) atoms. The van der Waals surface area contributed by atoms with Crippen molar-refractivity contribution in [2.45, 2.75) is 19.3 Å². The first-order valence-electron chi connectivity index (χ1n) is 11.8. The van der Waals surface area contributed by atoms with Crippen LogP contribution >= 0.6 is 0 Å². The summed E-state index contributed by atoms with van der Waals surface area (Å²) in [5.74, 6) is 0. The first-order valence-corrected chi connectivity index (χ1v) is 11.8. The molecule has 2 nitrogen and oxygen atoms in total. The molecule has 162 valence electrons. The predicted molar refractivity (Wildman–Crippen MR) is 143 cm³/mol. The van der Waals surface area contributed by atoms with Crippen molar-refractivity contribution in [3.63, 3.8) is 0 Å². The third kappa shape index (κ3) is 2.54. The monoisotopic (exact) mass is 438 g/mol. The zero-order valence-corrected chi connectivity index (χ0v) is 19.1. The van der Waals surface area contributed by atoms with Crippen LogP contribution in [0.4, 0.5) is 0 Å². The normalized spacial score (nSPS) is 14.1. The van der Waals surface area contributed by atoms with Crippen LogP contribution in [0, 0.1) is 0 Å². The fourth-order valence-corrected chi connectivity index (χ4v) is 6.07. The third-order valence-electron chi connectivity index (χ3n) is 7.84. The van der Waals surface area contributed by atoms with Gasteiger partial charge < -0.3 is 10.0 Å². The molecule has 0 aromatic heterocycles. The number of benzene rings is 6. The Balaban J connectivity index is 1.46. The Kier molecular flexibility index (Phi) is 3.89. The van der Waals surface area contributed by atoms with Gasteiger partial charge in [0.05, 0.1) is 0 Å². The fourth-order valence-electron chi connectivity index (χ4n) is 6.07. The smallest absolute Gasteiger partial charge is 0.423 e. The van der Waals surface area contributed by atoms with Crippen LogP contribution in [0.5, 0.6) is 0 Å². The Labute approximate surface area is 198 Å². The van der Waals surface area contributed by atoms with Gasteiger partial charge in [0.2, 0.25) is 0 Å². The first-order chi connectivity index (χ1) is 16.4. The summed E-state index contributed by atoms with van der Waals surface area (Å²) in [6.07, 6.45) is 0. The van der Waals surface area contributed by atoms with Crippen LogP contribution in [-0.2, 0) is 5.41 Å². The number of hydrogen-bond donors (Lipinski definition) is 2. The lowest BCUT2D eigenvalue weighted by Gasteiger charge is -2.23. The highest BCUT2D eigenvalue weighted by atomic mass is 16.4. The van der Waals surface area contributed by atoms with E-state index in [1.165, 1.54) is 60.1 Å². The minimum atomic E-state index is -1.46. The lowest BCUT2D eigenvalue weighted by Crippen LogP contribution is -2.31. The van der Waals surface area contributed by atoms with Crippen molar-refractivity contribution in [2.75, 3.05) is 0 Å². The summed E-state index contributed by atoms with van der Waals surface area (Å²) in [6, 6.07) is 32.5. The summed E-state index contributed by atoms with van der Waals surface area (Å²) in [7, 11) is -1.46. The minimum absolute atomic E-state index is 0.227. The summed E-state index contributed by atoms with van der Waals surface area (Å²) in [5, 5.41) is 27.2. The predicted octanol–water partition coefficient (Wildman–Crippen LogP) is 6.24. The van der Waals surface area contributed by atoms with E-state index in [-0.39, 0.29) is 5.41 Å². The molecule has 2 N–H and O–H groups in total. The van der Waals surface area contributed by atoms with Gasteiger partial charge in [0.15, 0.2) is 0 Å². The molecular formula is C31H23BO2. The van der Waals surface area contributed by atoms with Crippen molar-refractivity contribution in [2.24, 2.45) is 0 Å². The zero-order valence-electron chi connectivity index (χ0n) is 19.1. The van der Waals surface area contributed by atoms with Crippen LogP contribution < -0.4 is 5.46 Å². The van der Waals surface area contributed by atoms with E-state index in [1.54, 1.807) is 0 Å². The topological polar surface area (TPSA) is 40.5 Å². The van der Waals surface area contributed by atoms with Gasteiger partial charge in [-0.3, -0.25) is 0 Å². The number of fused-ring (bicyclic) bond motifs is 3. The third-order valence-corrected chi connectivity index (χ3v) is 7.84. The van der Waals surface area contributed by atoms with Crippen molar-refractivity contribution in [3.8, 4) is 22.3 Å². The van der Waals surface area contributed by atoms with Crippen molar-refractivity contribution in [1.29, 1.82) is 0 Å². The molecule has 1 aliphatic carbocycles. The number of hydrogen-bond acceptors (Lipinski definition) is 2. The van der Waals surface area contributed by atoms with E-state index in [1.807, 2.05) is 18.2 Å². The van der Waals surface area contributed by atoms with E-state index in [0.29, 0.717) is 5.46 Å². The molecule has 0 radical (unpaired) electrons. The zero-order chi connectivity index (χ0) is 23.2. The Morgan fingerprint density at radius 1 is 0.588 bits per heavy atom. The first kappa shape index (κ1) is 19.8. The van der Waals surface area contributed by atoms with Crippen LogP contribution in [0.2, 0.25) is 0 Å². The second kappa shape index (κ2) is 6.69. The molecule has 0 aliphatic heterocycles. The van der Waals surface area contributed by atoms with Crippen molar-refractivity contribution < 1.29 is 10.0 Å². The van der Waals surface area contributed by atoms with Gasteiger partial charge in [0, 0.05) is 5.41 Å². The fraction of sp³-hybridized carbons (Fsp3) is 0.0968. The van der Waals surface area contributed by atoms with Crippen LogP contribution in [0.25, 0.3) is 54.6 Å². The second-order valence-electron chi connectivity index (χ2n) is 10.0. The van der Waals surface area contributed by atoms with Crippen LogP contribution in [0.3, 0.4) is 0 Å². The van der Waals surface area contributed by atoms with Crippen LogP contribution in [0.15, 0.2) is 91.0 Å². The maximum atomic E-state index is 9.71. The molecule has 3 heteroatoms. The van der Waals surface area contributed by atoms with E-state index < -0.39 is 7.12 Å². The highest BCUT2D eigenvalue weighted by molar-refractivity contribution is 6.58. The Morgan fingerprint density at radius 3 is 1.91 bits per heavy atom. The lowest BCUT2D eigenvalue weighted by atomic mass is 9.75. The van der Waals surface area contributed by atoms with Gasteiger partial charge in [-0.15, -0.1) is 0 Å². The largest absolute Gasteiger partial charge is 0.488 e. The molecule has 0 fully saturated rings. The van der Waals surface area contributed by atoms with E-state index in [9.17, 15) is 10.0 Å². The van der Waals surface area contributed by atoms with Gasteiger partial charge >= 0.3 is 7.12 Å². The molecular weight excluding hydrogens is 415 g/mol. The quantitative estimate of drug-likeness (QED) is 0.248. The average molecular weight is 438 g/mol. The molecule has 1 aliphatic rings. The van der Waals surface area contributed by atoms with Gasteiger partial charge in [0.25, 0.3) is 0 Å². The van der Waals surface area contributed by atoms with Crippen molar-refractivity contribution >= 4 is 44.9 Å². The van der Waals surface area contributed by atoms with E-state index in [2.05, 4.69) is 86.6 Å². The van der Waals surface area contributed by atoms with Crippen LogP contribution in [-0.4, -0.2) is 17.2 Å². The minimum Gasteiger partial charge on any atom is -0.423 e. The maximum absolute atomic E-state index is 9.71. The van der Waals surface area contributed by atoms with E-state index >= 15 is 0 Å². The molecule has 6 aromatic carbocycles. The van der Waals surface area contributed by atoms with Gasteiger partial charge in [-0.2, -0.15) is 0 Å². The van der Waals surface area contributed by atoms with Crippen LogP contribution in [0.1, 0.15) is 25.0 Å². The summed E-state index contributed by atoms with van der Waals surface area (Å²) < 4.78 is 0.